The maximum absolute atomic E-state index is 6.41. The van der Waals surface area contributed by atoms with Crippen molar-refractivity contribution in [3.8, 4) is 17.1 Å². The van der Waals surface area contributed by atoms with Crippen LogP contribution < -0.4 is 15.8 Å². The molecule has 5 rings (SSSR count). The van der Waals surface area contributed by atoms with Crippen molar-refractivity contribution in [3.05, 3.63) is 35.7 Å². The smallest absolute Gasteiger partial charge is 0.157 e. The summed E-state index contributed by atoms with van der Waals surface area (Å²) in [5.41, 5.74) is 10.7. The molecule has 4 heterocycles. The number of methoxy groups -OCH3 is 2. The lowest BCUT2D eigenvalue weighted by atomic mass is 9.88. The number of nitrogens with zero attached hydrogens (tertiary/aromatic N) is 4. The molecule has 0 bridgehead atoms. The Balaban J connectivity index is 1.51. The second-order valence-corrected chi connectivity index (χ2v) is 8.20. The van der Waals surface area contributed by atoms with Gasteiger partial charge in [0.2, 0.25) is 0 Å². The van der Waals surface area contributed by atoms with Crippen LogP contribution in [0, 0.1) is 5.92 Å². The lowest BCUT2D eigenvalue weighted by Crippen LogP contribution is -2.31. The monoisotopic (exact) mass is 408 g/mol. The van der Waals surface area contributed by atoms with Gasteiger partial charge in [-0.3, -0.25) is 0 Å². The number of aromatic nitrogens is 4. The van der Waals surface area contributed by atoms with Crippen molar-refractivity contribution in [2.24, 2.45) is 5.92 Å². The van der Waals surface area contributed by atoms with E-state index < -0.39 is 0 Å². The Hall–Kier alpha value is -2.71. The van der Waals surface area contributed by atoms with E-state index in [-0.39, 0.29) is 6.10 Å². The molecule has 2 fully saturated rings. The molecule has 1 unspecified atom stereocenters. The molecule has 1 saturated heterocycles. The third-order valence-corrected chi connectivity index (χ3v) is 6.26. The Bertz CT molecular complexity index is 1060. The van der Waals surface area contributed by atoms with Crippen LogP contribution in [0.5, 0.6) is 5.75 Å². The van der Waals surface area contributed by atoms with Gasteiger partial charge in [-0.1, -0.05) is 6.07 Å². The van der Waals surface area contributed by atoms with E-state index in [4.69, 9.17) is 25.3 Å². The summed E-state index contributed by atoms with van der Waals surface area (Å²) in [4.78, 5) is 9.22. The number of imidazole rings is 1. The zero-order chi connectivity index (χ0) is 20.7. The molecule has 3 N–H and O–H groups in total. The van der Waals surface area contributed by atoms with Crippen molar-refractivity contribution >= 4 is 11.5 Å². The van der Waals surface area contributed by atoms with Crippen LogP contribution in [0.1, 0.15) is 49.0 Å². The number of pyridine rings is 1. The van der Waals surface area contributed by atoms with Crippen LogP contribution in [-0.2, 0) is 4.74 Å². The summed E-state index contributed by atoms with van der Waals surface area (Å²) in [6.45, 7) is 2.02. The van der Waals surface area contributed by atoms with Gasteiger partial charge in [0.05, 0.1) is 25.1 Å². The average molecular weight is 409 g/mol. The molecule has 2 aliphatic rings. The summed E-state index contributed by atoms with van der Waals surface area (Å²) in [5.74, 6) is 2.21. The van der Waals surface area contributed by atoms with Crippen molar-refractivity contribution in [3.63, 3.8) is 0 Å². The van der Waals surface area contributed by atoms with E-state index >= 15 is 0 Å². The molecular formula is C22H28N6O2. The molecule has 1 aliphatic heterocycles. The number of anilines is 1. The molecular weight excluding hydrogens is 380 g/mol. The Kier molecular flexibility index (Phi) is 5.04. The number of fused-ring (bicyclic) bond motifs is 1. The molecule has 1 atom stereocenters. The van der Waals surface area contributed by atoms with Gasteiger partial charge in [0.15, 0.2) is 5.65 Å². The second-order valence-electron chi connectivity index (χ2n) is 8.20. The number of hydrogen-bond donors (Lipinski definition) is 2. The third-order valence-electron chi connectivity index (χ3n) is 6.26. The fourth-order valence-electron chi connectivity index (χ4n) is 4.48. The van der Waals surface area contributed by atoms with Crippen molar-refractivity contribution in [2.75, 3.05) is 33.0 Å². The predicted octanol–water partition coefficient (Wildman–Crippen LogP) is 2.95. The molecule has 3 aromatic heterocycles. The normalized spacial score (nSPS) is 18.6. The number of hydrogen-bond acceptors (Lipinski definition) is 7. The van der Waals surface area contributed by atoms with Crippen molar-refractivity contribution in [2.45, 2.75) is 37.7 Å². The van der Waals surface area contributed by atoms with Crippen molar-refractivity contribution < 1.29 is 9.47 Å². The number of piperidine rings is 1. The molecule has 0 spiro atoms. The number of rotatable bonds is 6. The summed E-state index contributed by atoms with van der Waals surface area (Å²) in [7, 11) is 3.43. The quantitative estimate of drug-likeness (QED) is 0.647. The molecule has 8 nitrogen and oxygen atoms in total. The van der Waals surface area contributed by atoms with Crippen molar-refractivity contribution in [1.82, 2.24) is 24.9 Å². The zero-order valence-electron chi connectivity index (χ0n) is 17.5. The highest BCUT2D eigenvalue weighted by atomic mass is 16.5. The maximum atomic E-state index is 6.41. The highest BCUT2D eigenvalue weighted by Gasteiger charge is 2.30. The fraction of sp³-hybridized carbons (Fsp3) is 0.500. The Morgan fingerprint density at radius 3 is 2.63 bits per heavy atom. The summed E-state index contributed by atoms with van der Waals surface area (Å²) < 4.78 is 13.2. The number of ether oxygens (including phenoxy) is 2. The van der Waals surface area contributed by atoms with Gasteiger partial charge in [0, 0.05) is 24.7 Å². The summed E-state index contributed by atoms with van der Waals surface area (Å²) in [6.07, 6.45) is 6.19. The predicted molar refractivity (Wildman–Crippen MR) is 115 cm³/mol. The first kappa shape index (κ1) is 19.3. The molecule has 0 aromatic carbocycles. The van der Waals surface area contributed by atoms with Gasteiger partial charge in [-0.25, -0.2) is 14.5 Å². The zero-order valence-corrected chi connectivity index (χ0v) is 17.5. The van der Waals surface area contributed by atoms with Crippen LogP contribution in [0.15, 0.2) is 24.4 Å². The minimum atomic E-state index is -0.0420. The Morgan fingerprint density at radius 1 is 1.17 bits per heavy atom. The van der Waals surface area contributed by atoms with Crippen molar-refractivity contribution in [1.29, 1.82) is 0 Å². The van der Waals surface area contributed by atoms with Crippen LogP contribution in [0.25, 0.3) is 17.0 Å². The van der Waals surface area contributed by atoms with Gasteiger partial charge >= 0.3 is 0 Å². The lowest BCUT2D eigenvalue weighted by Gasteiger charge is -2.30. The highest BCUT2D eigenvalue weighted by Crippen LogP contribution is 2.43. The maximum Gasteiger partial charge on any atom is 0.157 e. The average Bonchev–Trinajstić information content (AvgIpc) is 3.54. The van der Waals surface area contributed by atoms with Crippen LogP contribution >= 0.6 is 0 Å². The molecule has 8 heteroatoms. The third kappa shape index (κ3) is 3.40. The SMILES string of the molecule is COc1cc2ncc(-c3ccc(C(OC)C4CCNCC4)c(N)n3)n2nc1C1CC1. The Morgan fingerprint density at radius 2 is 1.97 bits per heavy atom. The molecule has 30 heavy (non-hydrogen) atoms. The first-order chi connectivity index (χ1) is 14.7. The first-order valence-electron chi connectivity index (χ1n) is 10.6. The van der Waals surface area contributed by atoms with Crippen LogP contribution in [0.4, 0.5) is 5.82 Å². The highest BCUT2D eigenvalue weighted by molar-refractivity contribution is 5.63. The summed E-state index contributed by atoms with van der Waals surface area (Å²) in [6, 6.07) is 5.98. The molecule has 1 saturated carbocycles. The molecule has 0 amide bonds. The van der Waals surface area contributed by atoms with E-state index in [1.165, 1.54) is 0 Å². The van der Waals surface area contributed by atoms with E-state index in [2.05, 4.69) is 10.3 Å². The van der Waals surface area contributed by atoms with E-state index in [1.54, 1.807) is 20.4 Å². The van der Waals surface area contributed by atoms with Gasteiger partial charge in [-0.15, -0.1) is 0 Å². The van der Waals surface area contributed by atoms with E-state index in [0.717, 1.165) is 72.8 Å². The van der Waals surface area contributed by atoms with Gasteiger partial charge < -0.3 is 20.5 Å². The van der Waals surface area contributed by atoms with Gasteiger partial charge in [0.25, 0.3) is 0 Å². The van der Waals surface area contributed by atoms with E-state index in [9.17, 15) is 0 Å². The van der Waals surface area contributed by atoms with Crippen LogP contribution in [-0.4, -0.2) is 46.9 Å². The van der Waals surface area contributed by atoms with Gasteiger partial charge in [0.1, 0.15) is 23.0 Å². The molecule has 3 aromatic rings. The Labute approximate surface area is 175 Å². The first-order valence-corrected chi connectivity index (χ1v) is 10.6. The fourth-order valence-corrected chi connectivity index (χ4v) is 4.48. The topological polar surface area (TPSA) is 99.6 Å². The minimum Gasteiger partial charge on any atom is -0.495 e. The van der Waals surface area contributed by atoms with E-state index in [1.807, 2.05) is 22.7 Å². The standard InChI is InChI=1S/C22H28N6O2/c1-29-18-11-19-25-12-17(28(19)27-20(18)13-3-4-13)16-6-5-15(22(23)26-16)21(30-2)14-7-9-24-10-8-14/h5-6,11-14,21,24H,3-4,7-10H2,1-2H3,(H2,23,26). The molecule has 158 valence electrons. The van der Waals surface area contributed by atoms with E-state index in [0.29, 0.717) is 17.7 Å². The summed E-state index contributed by atoms with van der Waals surface area (Å²) >= 11 is 0. The largest absolute Gasteiger partial charge is 0.495 e. The van der Waals surface area contributed by atoms with Crippen LogP contribution in [0.3, 0.4) is 0 Å². The van der Waals surface area contributed by atoms with Gasteiger partial charge in [-0.2, -0.15) is 5.10 Å². The minimum absolute atomic E-state index is 0.0420. The number of nitrogen functional groups attached to an aromatic ring is 1. The number of nitrogens with two attached hydrogens (primary N) is 1. The molecule has 0 radical (unpaired) electrons. The van der Waals surface area contributed by atoms with Gasteiger partial charge in [-0.05, 0) is 50.8 Å². The van der Waals surface area contributed by atoms with Crippen LogP contribution in [0.2, 0.25) is 0 Å². The molecule has 1 aliphatic carbocycles. The number of nitrogens with one attached hydrogen (secondary N) is 1. The second kappa shape index (κ2) is 7.85. The summed E-state index contributed by atoms with van der Waals surface area (Å²) in [5, 5.41) is 8.24. The lowest BCUT2D eigenvalue weighted by molar-refractivity contribution is 0.0386.